The number of nitrogens with zero attached hydrogens (tertiary/aromatic N) is 4. The summed E-state index contributed by atoms with van der Waals surface area (Å²) in [5.74, 6) is 3.78. The van der Waals surface area contributed by atoms with E-state index in [1.165, 1.54) is 0 Å². The summed E-state index contributed by atoms with van der Waals surface area (Å²) >= 11 is 0. The van der Waals surface area contributed by atoms with Gasteiger partial charge in [0.1, 0.15) is 12.3 Å². The van der Waals surface area contributed by atoms with Gasteiger partial charge in [0.15, 0.2) is 11.8 Å². The quantitative estimate of drug-likeness (QED) is 0.349. The highest BCUT2D eigenvalue weighted by Crippen LogP contribution is 2.22. The van der Waals surface area contributed by atoms with Crippen molar-refractivity contribution in [1.82, 2.24) is 25.8 Å². The maximum Gasteiger partial charge on any atom is 0.228 e. The molecule has 2 heterocycles. The smallest absolute Gasteiger partial charge is 0.228 e. The summed E-state index contributed by atoms with van der Waals surface area (Å²) in [4.78, 5) is 13.2. The van der Waals surface area contributed by atoms with Crippen molar-refractivity contribution in [2.75, 3.05) is 13.1 Å². The maximum atomic E-state index is 5.77. The number of guanidine groups is 1. The normalized spacial score (nSPS) is 12.2. The molecule has 0 unspecified atom stereocenters. The van der Waals surface area contributed by atoms with Crippen molar-refractivity contribution in [2.24, 2.45) is 4.99 Å². The van der Waals surface area contributed by atoms with Gasteiger partial charge in [-0.05, 0) is 6.92 Å². The fourth-order valence-corrected chi connectivity index (χ4v) is 2.11. The van der Waals surface area contributed by atoms with Gasteiger partial charge in [-0.15, -0.1) is 24.0 Å². The molecule has 0 spiro atoms. The molecule has 0 radical (unpaired) electrons. The molecule has 9 heteroatoms. The molecule has 2 rings (SSSR count). The van der Waals surface area contributed by atoms with Crippen molar-refractivity contribution >= 4 is 29.9 Å². The Morgan fingerprint density at radius 3 is 2.52 bits per heavy atom. The van der Waals surface area contributed by atoms with E-state index in [0.717, 1.165) is 18.1 Å². The van der Waals surface area contributed by atoms with Gasteiger partial charge in [-0.3, -0.25) is 0 Å². The van der Waals surface area contributed by atoms with Gasteiger partial charge >= 0.3 is 0 Å². The molecular formula is C18H31IN6O2. The van der Waals surface area contributed by atoms with Crippen LogP contribution in [0.1, 0.15) is 70.8 Å². The Balaban J connectivity index is 0.00000364. The van der Waals surface area contributed by atoms with Gasteiger partial charge in [0.05, 0.1) is 6.20 Å². The largest absolute Gasteiger partial charge is 0.443 e. The Bertz CT molecular complexity index is 718. The average Bonchev–Trinajstić information content (AvgIpc) is 3.21. The first-order valence-corrected chi connectivity index (χ1v) is 9.09. The number of oxazole rings is 1. The Morgan fingerprint density at radius 2 is 1.96 bits per heavy atom. The molecular weight excluding hydrogens is 459 g/mol. The number of rotatable bonds is 7. The third kappa shape index (κ3) is 7.47. The number of halogens is 1. The molecule has 0 atom stereocenters. The van der Waals surface area contributed by atoms with Crippen LogP contribution in [0, 0.1) is 0 Å². The lowest BCUT2D eigenvalue weighted by Crippen LogP contribution is -2.38. The highest BCUT2D eigenvalue weighted by Gasteiger charge is 2.19. The molecule has 0 aromatic carbocycles. The van der Waals surface area contributed by atoms with Crippen LogP contribution in [0.5, 0.6) is 0 Å². The van der Waals surface area contributed by atoms with E-state index in [1.54, 1.807) is 6.20 Å². The minimum atomic E-state index is -0.0589. The second kappa shape index (κ2) is 10.6. The molecule has 2 aromatic heterocycles. The Kier molecular flexibility index (Phi) is 9.20. The molecule has 0 bridgehead atoms. The first kappa shape index (κ1) is 23.4. The number of aromatic nitrogens is 3. The van der Waals surface area contributed by atoms with Crippen molar-refractivity contribution in [3.8, 4) is 0 Å². The molecule has 2 N–H and O–H groups in total. The topological polar surface area (TPSA) is 101 Å². The molecule has 0 saturated carbocycles. The average molecular weight is 490 g/mol. The van der Waals surface area contributed by atoms with Gasteiger partial charge < -0.3 is 19.6 Å². The lowest BCUT2D eigenvalue weighted by Gasteiger charge is -2.13. The standard InChI is InChI=1S/C18H30N6O2.HI/c1-7-19-17(20-9-8-14-23-16(12(2)3)24-26-14)22-11-15-21-10-13(25-15)18(4,5)6;/h10,12H,7-9,11H2,1-6H3,(H2,19,20,22);1H. The summed E-state index contributed by atoms with van der Waals surface area (Å²) in [6, 6.07) is 0. The van der Waals surface area contributed by atoms with E-state index in [-0.39, 0.29) is 35.3 Å². The number of nitrogens with one attached hydrogen (secondary N) is 2. The van der Waals surface area contributed by atoms with Crippen LogP contribution < -0.4 is 10.6 Å². The van der Waals surface area contributed by atoms with Crippen molar-refractivity contribution in [1.29, 1.82) is 0 Å². The number of hydrogen-bond donors (Lipinski definition) is 2. The van der Waals surface area contributed by atoms with Crippen molar-refractivity contribution in [3.05, 3.63) is 29.6 Å². The van der Waals surface area contributed by atoms with E-state index in [0.29, 0.717) is 37.3 Å². The molecule has 0 aliphatic heterocycles. The zero-order valence-corrected chi connectivity index (χ0v) is 19.3. The van der Waals surface area contributed by atoms with Crippen LogP contribution in [0.3, 0.4) is 0 Å². The highest BCUT2D eigenvalue weighted by molar-refractivity contribution is 14.0. The van der Waals surface area contributed by atoms with E-state index in [2.05, 4.69) is 51.5 Å². The third-order valence-corrected chi connectivity index (χ3v) is 3.64. The number of aliphatic imine (C=N–C) groups is 1. The van der Waals surface area contributed by atoms with Crippen LogP contribution in [0.2, 0.25) is 0 Å². The summed E-state index contributed by atoms with van der Waals surface area (Å²) in [5, 5.41) is 10.4. The SMILES string of the molecule is CCNC(=NCc1ncc(C(C)(C)C)o1)NCCc1nc(C(C)C)no1.I. The van der Waals surface area contributed by atoms with Gasteiger partial charge in [0, 0.05) is 30.8 Å². The Labute approximate surface area is 178 Å². The third-order valence-electron chi connectivity index (χ3n) is 3.64. The molecule has 2 aromatic rings. The van der Waals surface area contributed by atoms with Crippen LogP contribution in [0.15, 0.2) is 20.1 Å². The van der Waals surface area contributed by atoms with E-state index < -0.39 is 0 Å². The van der Waals surface area contributed by atoms with Crippen molar-refractivity contribution in [2.45, 2.75) is 65.8 Å². The highest BCUT2D eigenvalue weighted by atomic mass is 127. The zero-order chi connectivity index (χ0) is 19.2. The zero-order valence-electron chi connectivity index (χ0n) is 17.0. The second-order valence-electron chi connectivity index (χ2n) is 7.44. The molecule has 8 nitrogen and oxygen atoms in total. The lowest BCUT2D eigenvalue weighted by atomic mass is 9.94. The molecule has 0 amide bonds. The predicted octanol–water partition coefficient (Wildman–Crippen LogP) is 3.39. The molecule has 152 valence electrons. The monoisotopic (exact) mass is 490 g/mol. The lowest BCUT2D eigenvalue weighted by molar-refractivity contribution is 0.371. The fourth-order valence-electron chi connectivity index (χ4n) is 2.11. The second-order valence-corrected chi connectivity index (χ2v) is 7.44. The summed E-state index contributed by atoms with van der Waals surface area (Å²) in [6.07, 6.45) is 2.41. The van der Waals surface area contributed by atoms with Crippen molar-refractivity contribution < 1.29 is 8.94 Å². The van der Waals surface area contributed by atoms with E-state index in [9.17, 15) is 0 Å². The van der Waals surface area contributed by atoms with Crippen molar-refractivity contribution in [3.63, 3.8) is 0 Å². The minimum Gasteiger partial charge on any atom is -0.443 e. The van der Waals surface area contributed by atoms with Gasteiger partial charge in [-0.25, -0.2) is 9.98 Å². The summed E-state index contributed by atoms with van der Waals surface area (Å²) in [5.41, 5.74) is -0.0589. The van der Waals surface area contributed by atoms with E-state index in [1.807, 2.05) is 20.8 Å². The van der Waals surface area contributed by atoms with Crippen LogP contribution in [-0.4, -0.2) is 34.2 Å². The van der Waals surface area contributed by atoms with Crippen LogP contribution in [-0.2, 0) is 18.4 Å². The predicted molar refractivity (Wildman–Crippen MR) is 116 cm³/mol. The molecule has 0 saturated heterocycles. The van der Waals surface area contributed by atoms with Crippen LogP contribution >= 0.6 is 24.0 Å². The summed E-state index contributed by atoms with van der Waals surface area (Å²) in [6.45, 7) is 14.2. The number of hydrogen-bond acceptors (Lipinski definition) is 6. The van der Waals surface area contributed by atoms with Gasteiger partial charge in [0.25, 0.3) is 0 Å². The maximum absolute atomic E-state index is 5.77. The Morgan fingerprint density at radius 1 is 1.22 bits per heavy atom. The molecule has 0 fully saturated rings. The van der Waals surface area contributed by atoms with Gasteiger partial charge in [-0.2, -0.15) is 4.98 Å². The first-order chi connectivity index (χ1) is 12.3. The van der Waals surface area contributed by atoms with Crippen LogP contribution in [0.4, 0.5) is 0 Å². The molecule has 0 aliphatic carbocycles. The summed E-state index contributed by atoms with van der Waals surface area (Å²) in [7, 11) is 0. The molecule has 27 heavy (non-hydrogen) atoms. The summed E-state index contributed by atoms with van der Waals surface area (Å²) < 4.78 is 11.0. The van der Waals surface area contributed by atoms with E-state index >= 15 is 0 Å². The van der Waals surface area contributed by atoms with Gasteiger partial charge in [-0.1, -0.05) is 39.8 Å². The fraction of sp³-hybridized carbons (Fsp3) is 0.667. The van der Waals surface area contributed by atoms with E-state index in [4.69, 9.17) is 8.94 Å². The van der Waals surface area contributed by atoms with Gasteiger partial charge in [0.2, 0.25) is 11.8 Å². The Hall–Kier alpha value is -1.65. The molecule has 0 aliphatic rings. The first-order valence-electron chi connectivity index (χ1n) is 9.09. The minimum absolute atomic E-state index is 0. The van der Waals surface area contributed by atoms with Crippen LogP contribution in [0.25, 0.3) is 0 Å².